The highest BCUT2D eigenvalue weighted by molar-refractivity contribution is 5.01. The molecule has 0 amide bonds. The summed E-state index contributed by atoms with van der Waals surface area (Å²) in [5.74, 6) is 5.45. The molecule has 2 atom stereocenters. The fourth-order valence-corrected chi connectivity index (χ4v) is 6.34. The van der Waals surface area contributed by atoms with Crippen LogP contribution in [0.25, 0.3) is 0 Å². The molecule has 2 nitrogen and oxygen atoms in total. The van der Waals surface area contributed by atoms with Crippen molar-refractivity contribution in [2.75, 3.05) is 13.2 Å². The highest BCUT2D eigenvalue weighted by Crippen LogP contribution is 2.53. The molecule has 114 valence electrons. The Morgan fingerprint density at radius 3 is 2.00 bits per heavy atom. The Bertz CT molecular complexity index is 314. The highest BCUT2D eigenvalue weighted by Gasteiger charge is 2.48. The molecule has 5 aliphatic rings. The van der Waals surface area contributed by atoms with Gasteiger partial charge in [0.05, 0.1) is 0 Å². The van der Waals surface area contributed by atoms with E-state index in [2.05, 4.69) is 5.32 Å². The predicted molar refractivity (Wildman–Crippen MR) is 81.4 cm³/mol. The molecule has 20 heavy (non-hydrogen) atoms. The summed E-state index contributed by atoms with van der Waals surface area (Å²) in [5, 5.41) is 13.6. The molecule has 5 saturated carbocycles. The van der Waals surface area contributed by atoms with E-state index in [0.717, 1.165) is 35.6 Å². The molecular weight excluding hydrogens is 246 g/mol. The van der Waals surface area contributed by atoms with E-state index in [9.17, 15) is 5.11 Å². The number of hydrogen-bond donors (Lipinski definition) is 2. The van der Waals surface area contributed by atoms with Crippen molar-refractivity contribution in [1.29, 1.82) is 0 Å². The Kier molecular flexibility index (Phi) is 3.80. The lowest BCUT2D eigenvalue weighted by molar-refractivity contribution is -0.0169. The van der Waals surface area contributed by atoms with Crippen LogP contribution in [0.5, 0.6) is 0 Å². The van der Waals surface area contributed by atoms with Gasteiger partial charge >= 0.3 is 0 Å². The fraction of sp³-hybridized carbons (Fsp3) is 1.00. The van der Waals surface area contributed by atoms with E-state index in [1.54, 1.807) is 6.42 Å². The van der Waals surface area contributed by atoms with Gasteiger partial charge in [0.15, 0.2) is 0 Å². The summed E-state index contributed by atoms with van der Waals surface area (Å²) in [6.45, 7) is 1.59. The van der Waals surface area contributed by atoms with Gasteiger partial charge in [-0.15, -0.1) is 0 Å². The van der Waals surface area contributed by atoms with E-state index in [-0.39, 0.29) is 0 Å². The van der Waals surface area contributed by atoms with E-state index < -0.39 is 0 Å². The normalized spacial score (nSPS) is 50.5. The average molecular weight is 277 g/mol. The summed E-state index contributed by atoms with van der Waals surface area (Å²) in [6, 6.07) is 0.823. The van der Waals surface area contributed by atoms with Gasteiger partial charge in [0.1, 0.15) is 0 Å². The Morgan fingerprint density at radius 2 is 1.40 bits per heavy atom. The highest BCUT2D eigenvalue weighted by atomic mass is 16.3. The minimum absolute atomic E-state index is 0.411. The molecule has 0 saturated heterocycles. The third-order valence-corrected chi connectivity index (χ3v) is 7.14. The maximum atomic E-state index is 9.57. The third-order valence-electron chi connectivity index (χ3n) is 7.14. The van der Waals surface area contributed by atoms with Crippen molar-refractivity contribution in [2.45, 2.75) is 63.8 Å². The van der Waals surface area contributed by atoms with E-state index in [1.807, 2.05) is 0 Å². The van der Waals surface area contributed by atoms with Gasteiger partial charge in [-0.3, -0.25) is 0 Å². The summed E-state index contributed by atoms with van der Waals surface area (Å²) < 4.78 is 0. The Morgan fingerprint density at radius 1 is 0.800 bits per heavy atom. The number of aliphatic hydroxyl groups excluding tert-OH is 1. The van der Waals surface area contributed by atoms with Crippen LogP contribution in [-0.4, -0.2) is 24.3 Å². The Balaban J connectivity index is 1.35. The Labute approximate surface area is 123 Å². The van der Waals surface area contributed by atoms with Gasteiger partial charge in [0.2, 0.25) is 0 Å². The summed E-state index contributed by atoms with van der Waals surface area (Å²) in [6.07, 6.45) is 12.9. The van der Waals surface area contributed by atoms with Crippen LogP contribution in [0.3, 0.4) is 0 Å². The van der Waals surface area contributed by atoms with Crippen LogP contribution in [-0.2, 0) is 0 Å². The van der Waals surface area contributed by atoms with Crippen LogP contribution in [0.1, 0.15) is 57.8 Å². The first-order valence-electron chi connectivity index (χ1n) is 9.17. The maximum Gasteiger partial charge on any atom is 0.0462 e. The molecule has 2 N–H and O–H groups in total. The first-order chi connectivity index (χ1) is 9.83. The summed E-state index contributed by atoms with van der Waals surface area (Å²) in [5.41, 5.74) is 0. The second-order valence-corrected chi connectivity index (χ2v) is 8.35. The van der Waals surface area contributed by atoms with Gasteiger partial charge in [0.25, 0.3) is 0 Å². The minimum Gasteiger partial charge on any atom is -0.396 e. The number of aliphatic hydroxyl groups is 1. The molecule has 0 heterocycles. The molecule has 0 aliphatic heterocycles. The summed E-state index contributed by atoms with van der Waals surface area (Å²) in [7, 11) is 0. The maximum absolute atomic E-state index is 9.57. The van der Waals surface area contributed by atoms with Crippen molar-refractivity contribution in [3.05, 3.63) is 0 Å². The van der Waals surface area contributed by atoms with Crippen LogP contribution in [0.4, 0.5) is 0 Å². The van der Waals surface area contributed by atoms with Gasteiger partial charge < -0.3 is 10.4 Å². The van der Waals surface area contributed by atoms with Crippen LogP contribution in [0.15, 0.2) is 0 Å². The molecule has 0 aromatic rings. The minimum atomic E-state index is 0.411. The quantitative estimate of drug-likeness (QED) is 0.827. The van der Waals surface area contributed by atoms with Crippen LogP contribution in [0.2, 0.25) is 0 Å². The molecule has 5 fully saturated rings. The van der Waals surface area contributed by atoms with Gasteiger partial charge in [-0.05, 0) is 87.0 Å². The van der Waals surface area contributed by atoms with Crippen molar-refractivity contribution < 1.29 is 5.11 Å². The first kappa shape index (κ1) is 13.6. The second kappa shape index (κ2) is 5.61. The lowest BCUT2D eigenvalue weighted by Gasteiger charge is -2.55. The average Bonchev–Trinajstić information content (AvgIpc) is 2.46. The van der Waals surface area contributed by atoms with Crippen LogP contribution in [0, 0.1) is 35.5 Å². The van der Waals surface area contributed by atoms with Crippen molar-refractivity contribution in [1.82, 2.24) is 5.32 Å². The molecule has 2 heteroatoms. The van der Waals surface area contributed by atoms with E-state index >= 15 is 0 Å². The van der Waals surface area contributed by atoms with Gasteiger partial charge in [-0.1, -0.05) is 12.8 Å². The molecular formula is C18H31NO. The van der Waals surface area contributed by atoms with Gasteiger partial charge in [0, 0.05) is 12.6 Å². The molecule has 0 spiro atoms. The zero-order chi connectivity index (χ0) is 13.5. The van der Waals surface area contributed by atoms with Crippen molar-refractivity contribution in [3.8, 4) is 0 Å². The SMILES string of the molecule is OCC1CCCCC1CNC1C2CC3CC(C2)CC1C3. The van der Waals surface area contributed by atoms with Gasteiger partial charge in [-0.25, -0.2) is 0 Å². The zero-order valence-corrected chi connectivity index (χ0v) is 12.8. The van der Waals surface area contributed by atoms with E-state index in [4.69, 9.17) is 0 Å². The smallest absolute Gasteiger partial charge is 0.0462 e. The zero-order valence-electron chi connectivity index (χ0n) is 12.8. The Hall–Kier alpha value is -0.0800. The van der Waals surface area contributed by atoms with E-state index in [1.165, 1.54) is 57.9 Å². The molecule has 0 radical (unpaired) electrons. The number of nitrogens with one attached hydrogen (secondary N) is 1. The molecule has 4 bridgehead atoms. The van der Waals surface area contributed by atoms with Crippen molar-refractivity contribution >= 4 is 0 Å². The molecule has 2 unspecified atom stereocenters. The second-order valence-electron chi connectivity index (χ2n) is 8.35. The molecule has 0 aromatic carbocycles. The standard InChI is InChI=1S/C18H31NO/c20-11-15-4-2-1-3-14(15)10-19-18-16-6-12-5-13(8-16)9-17(18)7-12/h12-20H,1-11H2. The predicted octanol–water partition coefficient (Wildman–Crippen LogP) is 3.20. The van der Waals surface area contributed by atoms with E-state index in [0.29, 0.717) is 12.5 Å². The lowest BCUT2D eigenvalue weighted by atomic mass is 9.54. The first-order valence-corrected chi connectivity index (χ1v) is 9.17. The summed E-state index contributed by atoms with van der Waals surface area (Å²) >= 11 is 0. The monoisotopic (exact) mass is 277 g/mol. The molecule has 5 rings (SSSR count). The lowest BCUT2D eigenvalue weighted by Crippen LogP contribution is -2.55. The number of rotatable bonds is 4. The third kappa shape index (κ3) is 2.43. The van der Waals surface area contributed by atoms with Crippen LogP contribution >= 0.6 is 0 Å². The largest absolute Gasteiger partial charge is 0.396 e. The molecule has 5 aliphatic carbocycles. The number of hydrogen-bond acceptors (Lipinski definition) is 2. The van der Waals surface area contributed by atoms with Gasteiger partial charge in [-0.2, -0.15) is 0 Å². The van der Waals surface area contributed by atoms with Crippen molar-refractivity contribution in [2.24, 2.45) is 35.5 Å². The fourth-order valence-electron chi connectivity index (χ4n) is 6.34. The van der Waals surface area contributed by atoms with Crippen molar-refractivity contribution in [3.63, 3.8) is 0 Å². The van der Waals surface area contributed by atoms with Crippen LogP contribution < -0.4 is 5.32 Å². The summed E-state index contributed by atoms with van der Waals surface area (Å²) in [4.78, 5) is 0. The topological polar surface area (TPSA) is 32.3 Å². The molecule has 0 aromatic heterocycles.